The van der Waals surface area contributed by atoms with Crippen molar-refractivity contribution in [3.63, 3.8) is 0 Å². The first-order valence-electron chi connectivity index (χ1n) is 13.1. The number of nitrogens with zero attached hydrogens (tertiary/aromatic N) is 5. The van der Waals surface area contributed by atoms with Gasteiger partial charge in [0.2, 0.25) is 11.9 Å². The Labute approximate surface area is 215 Å². The lowest BCUT2D eigenvalue weighted by molar-refractivity contribution is -0.121. The number of amides is 1. The minimum absolute atomic E-state index is 0.101. The van der Waals surface area contributed by atoms with Crippen molar-refractivity contribution in [2.24, 2.45) is 0 Å². The van der Waals surface area contributed by atoms with Crippen LogP contribution in [-0.2, 0) is 4.79 Å². The van der Waals surface area contributed by atoms with E-state index in [-0.39, 0.29) is 18.0 Å². The summed E-state index contributed by atoms with van der Waals surface area (Å²) in [6.45, 7) is 8.01. The number of rotatable bonds is 6. The summed E-state index contributed by atoms with van der Waals surface area (Å²) >= 11 is 0. The molecule has 1 N–H and O–H groups in total. The molecule has 1 atom stereocenters. The van der Waals surface area contributed by atoms with E-state index in [2.05, 4.69) is 37.1 Å². The average molecular weight is 501 g/mol. The van der Waals surface area contributed by atoms with Crippen molar-refractivity contribution < 1.29 is 14.1 Å². The summed E-state index contributed by atoms with van der Waals surface area (Å²) in [6, 6.07) is 10.2. The fourth-order valence-corrected chi connectivity index (χ4v) is 5.65. The van der Waals surface area contributed by atoms with Gasteiger partial charge in [-0.2, -0.15) is 0 Å². The Morgan fingerprint density at radius 2 is 2.00 bits per heavy atom. The molecule has 37 heavy (non-hydrogen) atoms. The number of hydrogen-bond donors (Lipinski definition) is 1. The van der Waals surface area contributed by atoms with E-state index in [4.69, 9.17) is 14.2 Å². The maximum Gasteiger partial charge on any atom is 0.220 e. The minimum atomic E-state index is -0.101. The third-order valence-electron chi connectivity index (χ3n) is 7.44. The van der Waals surface area contributed by atoms with Crippen molar-refractivity contribution >= 4 is 22.9 Å². The second kappa shape index (κ2) is 9.53. The number of ether oxygens (including phenoxy) is 1. The second-order valence-electron chi connectivity index (χ2n) is 9.95. The molecule has 1 saturated heterocycles. The molecule has 3 aromatic heterocycles. The van der Waals surface area contributed by atoms with Crippen LogP contribution in [0.2, 0.25) is 0 Å². The molecule has 0 radical (unpaired) electrons. The Balaban J connectivity index is 1.42. The van der Waals surface area contributed by atoms with E-state index in [1.165, 1.54) is 0 Å². The maximum atomic E-state index is 12.1. The highest BCUT2D eigenvalue weighted by Crippen LogP contribution is 2.46. The molecule has 0 saturated carbocycles. The molecule has 0 bridgehead atoms. The molecule has 1 fully saturated rings. The molecular formula is C28H32N6O3. The fraction of sp³-hybridized carbons (Fsp3) is 0.429. The van der Waals surface area contributed by atoms with Gasteiger partial charge in [0.25, 0.3) is 0 Å². The lowest BCUT2D eigenvalue weighted by Gasteiger charge is -2.35. The molecule has 2 aliphatic heterocycles. The van der Waals surface area contributed by atoms with Crippen LogP contribution in [0.25, 0.3) is 22.2 Å². The Morgan fingerprint density at radius 3 is 2.70 bits per heavy atom. The topological polar surface area (TPSA) is 98.3 Å². The number of piperidine rings is 1. The standard InChI is InChI=1S/C28H32N6O3/c1-4-7-24(35)30-19-11-14-33(15-12-19)28-31-22-10-9-20(25-17(2)32-37-18(25)3)27-26(22)34(28)23(16-36-27)21-8-5-6-13-29-21/h5-6,8-10,13,19,23H,4,7,11-12,14-16H2,1-3H3,(H,30,35). The molecule has 1 aromatic carbocycles. The van der Waals surface area contributed by atoms with E-state index in [1.54, 1.807) is 0 Å². The van der Waals surface area contributed by atoms with Gasteiger partial charge < -0.3 is 19.5 Å². The predicted octanol–water partition coefficient (Wildman–Crippen LogP) is 4.57. The zero-order valence-corrected chi connectivity index (χ0v) is 21.5. The number of carbonyl (C=O) groups excluding carboxylic acids is 1. The van der Waals surface area contributed by atoms with Crippen molar-refractivity contribution in [3.05, 3.63) is 53.7 Å². The van der Waals surface area contributed by atoms with Crippen LogP contribution in [0.4, 0.5) is 5.95 Å². The van der Waals surface area contributed by atoms with Gasteiger partial charge in [-0.1, -0.05) is 18.1 Å². The molecule has 6 rings (SSSR count). The van der Waals surface area contributed by atoms with Gasteiger partial charge >= 0.3 is 0 Å². The molecule has 1 unspecified atom stereocenters. The number of carbonyl (C=O) groups is 1. The summed E-state index contributed by atoms with van der Waals surface area (Å²) in [4.78, 5) is 24.3. The van der Waals surface area contributed by atoms with Crippen LogP contribution >= 0.6 is 0 Å². The van der Waals surface area contributed by atoms with Gasteiger partial charge in [0.05, 0.1) is 22.5 Å². The van der Waals surface area contributed by atoms with Crippen molar-refractivity contribution in [1.82, 2.24) is 25.0 Å². The van der Waals surface area contributed by atoms with E-state index in [0.717, 1.165) is 83.4 Å². The minimum Gasteiger partial charge on any atom is -0.488 e. The molecule has 4 aromatic rings. The van der Waals surface area contributed by atoms with Crippen LogP contribution in [-0.4, -0.2) is 51.3 Å². The number of aryl methyl sites for hydroxylation is 2. The maximum absolute atomic E-state index is 12.1. The number of imidazole rings is 1. The summed E-state index contributed by atoms with van der Waals surface area (Å²) < 4.78 is 14.3. The van der Waals surface area contributed by atoms with Gasteiger partial charge in [0.15, 0.2) is 5.75 Å². The molecule has 0 spiro atoms. The normalized spacial score (nSPS) is 17.7. The number of hydrogen-bond acceptors (Lipinski definition) is 7. The predicted molar refractivity (Wildman–Crippen MR) is 141 cm³/mol. The Bertz CT molecular complexity index is 1420. The van der Waals surface area contributed by atoms with E-state index in [9.17, 15) is 4.79 Å². The van der Waals surface area contributed by atoms with E-state index in [0.29, 0.717) is 13.0 Å². The van der Waals surface area contributed by atoms with E-state index < -0.39 is 0 Å². The lowest BCUT2D eigenvalue weighted by atomic mass is 10.0. The van der Waals surface area contributed by atoms with Crippen molar-refractivity contribution in [2.75, 3.05) is 24.6 Å². The van der Waals surface area contributed by atoms with Gasteiger partial charge in [-0.15, -0.1) is 0 Å². The molecule has 1 amide bonds. The third kappa shape index (κ3) is 4.12. The Kier molecular flexibility index (Phi) is 6.06. The van der Waals surface area contributed by atoms with Crippen LogP contribution in [0.1, 0.15) is 55.8 Å². The monoisotopic (exact) mass is 500 g/mol. The largest absolute Gasteiger partial charge is 0.488 e. The van der Waals surface area contributed by atoms with Crippen molar-refractivity contribution in [2.45, 2.75) is 58.5 Å². The fourth-order valence-electron chi connectivity index (χ4n) is 5.65. The molecule has 5 heterocycles. The highest BCUT2D eigenvalue weighted by molar-refractivity contribution is 5.94. The van der Waals surface area contributed by atoms with Crippen LogP contribution in [0.3, 0.4) is 0 Å². The van der Waals surface area contributed by atoms with Crippen molar-refractivity contribution in [1.29, 1.82) is 0 Å². The van der Waals surface area contributed by atoms with Gasteiger partial charge in [-0.3, -0.25) is 14.3 Å². The number of nitrogens with one attached hydrogen (secondary N) is 1. The van der Waals surface area contributed by atoms with Gasteiger partial charge in [0, 0.05) is 37.3 Å². The number of pyridine rings is 1. The van der Waals surface area contributed by atoms with E-state index >= 15 is 0 Å². The lowest BCUT2D eigenvalue weighted by Crippen LogP contribution is -2.45. The van der Waals surface area contributed by atoms with Gasteiger partial charge in [0.1, 0.15) is 23.9 Å². The Morgan fingerprint density at radius 1 is 1.16 bits per heavy atom. The molecule has 192 valence electrons. The molecule has 2 aliphatic rings. The molecule has 0 aliphatic carbocycles. The quantitative estimate of drug-likeness (QED) is 0.414. The van der Waals surface area contributed by atoms with Crippen LogP contribution in [0.15, 0.2) is 41.1 Å². The zero-order chi connectivity index (χ0) is 25.5. The number of aromatic nitrogens is 4. The Hall–Kier alpha value is -3.88. The first-order valence-corrected chi connectivity index (χ1v) is 13.1. The SMILES string of the molecule is CCCC(=O)NC1CCN(c2nc3ccc(-c4c(C)noc4C)c4c3n2C(c2ccccn2)CO4)CC1. The zero-order valence-electron chi connectivity index (χ0n) is 21.5. The summed E-state index contributed by atoms with van der Waals surface area (Å²) in [5.41, 5.74) is 5.56. The smallest absolute Gasteiger partial charge is 0.220 e. The third-order valence-corrected chi connectivity index (χ3v) is 7.44. The number of anilines is 1. The number of benzene rings is 1. The van der Waals surface area contributed by atoms with Crippen LogP contribution < -0.4 is 15.0 Å². The molecule has 9 nitrogen and oxygen atoms in total. The second-order valence-corrected chi connectivity index (χ2v) is 9.95. The highest BCUT2D eigenvalue weighted by atomic mass is 16.5. The molecular weight excluding hydrogens is 468 g/mol. The average Bonchev–Trinajstić information content (AvgIpc) is 3.46. The first-order chi connectivity index (χ1) is 18.0. The van der Waals surface area contributed by atoms with Crippen LogP contribution in [0, 0.1) is 13.8 Å². The van der Waals surface area contributed by atoms with Crippen molar-refractivity contribution in [3.8, 4) is 16.9 Å². The highest BCUT2D eigenvalue weighted by Gasteiger charge is 2.34. The summed E-state index contributed by atoms with van der Waals surface area (Å²) in [6.07, 6.45) is 5.05. The first kappa shape index (κ1) is 23.5. The van der Waals surface area contributed by atoms with E-state index in [1.807, 2.05) is 45.2 Å². The summed E-state index contributed by atoms with van der Waals surface area (Å²) in [5.74, 6) is 2.64. The summed E-state index contributed by atoms with van der Waals surface area (Å²) in [7, 11) is 0. The summed E-state index contributed by atoms with van der Waals surface area (Å²) in [5, 5.41) is 7.37. The van der Waals surface area contributed by atoms with Gasteiger partial charge in [-0.25, -0.2) is 4.98 Å². The van der Waals surface area contributed by atoms with Crippen LogP contribution in [0.5, 0.6) is 5.75 Å². The van der Waals surface area contributed by atoms with Gasteiger partial charge in [-0.05, 0) is 57.4 Å². The molecule has 9 heteroatoms.